The lowest BCUT2D eigenvalue weighted by Gasteiger charge is -2.26. The Morgan fingerprint density at radius 3 is 3.00 bits per heavy atom. The summed E-state index contributed by atoms with van der Waals surface area (Å²) >= 11 is 2.07. The Hall–Kier alpha value is 0.270. The number of hydrogen-bond acceptors (Lipinski definition) is 3. The zero-order valence-electron chi connectivity index (χ0n) is 9.00. The third-order valence-electron chi connectivity index (χ3n) is 3.23. The Morgan fingerprint density at radius 1 is 1.50 bits per heavy atom. The predicted octanol–water partition coefficient (Wildman–Crippen LogP) is 2.04. The predicted molar refractivity (Wildman–Crippen MR) is 61.9 cm³/mol. The van der Waals surface area contributed by atoms with E-state index in [1.54, 1.807) is 0 Å². The third kappa shape index (κ3) is 2.65. The van der Waals surface area contributed by atoms with Crippen LogP contribution in [-0.4, -0.2) is 36.3 Å². The number of rotatable bonds is 4. The Balaban J connectivity index is 1.79. The average Bonchev–Trinajstić information content (AvgIpc) is 2.86. The molecule has 3 unspecified atom stereocenters. The minimum Gasteiger partial charge on any atom is -0.377 e. The van der Waals surface area contributed by atoms with Crippen molar-refractivity contribution < 1.29 is 4.74 Å². The summed E-state index contributed by atoms with van der Waals surface area (Å²) in [6.07, 6.45) is 5.54. The Labute approximate surface area is 91.2 Å². The molecule has 0 spiro atoms. The normalized spacial score (nSPS) is 34.9. The van der Waals surface area contributed by atoms with E-state index in [-0.39, 0.29) is 0 Å². The molecule has 82 valence electrons. The number of nitrogens with one attached hydrogen (secondary N) is 1. The van der Waals surface area contributed by atoms with E-state index >= 15 is 0 Å². The second-order valence-electron chi connectivity index (χ2n) is 4.29. The molecule has 2 aliphatic rings. The van der Waals surface area contributed by atoms with Crippen molar-refractivity contribution in [3.63, 3.8) is 0 Å². The van der Waals surface area contributed by atoms with Gasteiger partial charge in [-0.25, -0.2) is 0 Å². The van der Waals surface area contributed by atoms with Crippen molar-refractivity contribution in [3.8, 4) is 0 Å². The van der Waals surface area contributed by atoms with Crippen molar-refractivity contribution in [1.29, 1.82) is 0 Å². The topological polar surface area (TPSA) is 21.3 Å². The standard InChI is InChI=1S/C11H21NOS/c1-2-10(11-4-3-6-13-11)12-9-5-7-14-8-9/h9-12H,2-8H2,1H3. The van der Waals surface area contributed by atoms with Gasteiger partial charge in [0.25, 0.3) is 0 Å². The molecule has 0 aromatic heterocycles. The molecule has 0 aromatic rings. The maximum Gasteiger partial charge on any atom is 0.0728 e. The van der Waals surface area contributed by atoms with Crippen LogP contribution >= 0.6 is 11.8 Å². The molecule has 2 aliphatic heterocycles. The van der Waals surface area contributed by atoms with Gasteiger partial charge in [-0.15, -0.1) is 0 Å². The smallest absolute Gasteiger partial charge is 0.0728 e. The summed E-state index contributed by atoms with van der Waals surface area (Å²) in [5.41, 5.74) is 0. The fourth-order valence-corrected chi connectivity index (χ4v) is 3.54. The number of ether oxygens (including phenoxy) is 1. The van der Waals surface area contributed by atoms with Crippen LogP contribution in [0.2, 0.25) is 0 Å². The van der Waals surface area contributed by atoms with Gasteiger partial charge in [0.1, 0.15) is 0 Å². The molecule has 2 nitrogen and oxygen atoms in total. The first-order valence-corrected chi connectivity index (χ1v) is 7.01. The summed E-state index contributed by atoms with van der Waals surface area (Å²) in [4.78, 5) is 0. The molecule has 3 atom stereocenters. The molecule has 0 bridgehead atoms. The van der Waals surface area contributed by atoms with E-state index in [9.17, 15) is 0 Å². The fraction of sp³-hybridized carbons (Fsp3) is 1.00. The van der Waals surface area contributed by atoms with Crippen LogP contribution in [0.3, 0.4) is 0 Å². The van der Waals surface area contributed by atoms with E-state index in [2.05, 4.69) is 24.0 Å². The highest BCUT2D eigenvalue weighted by Crippen LogP contribution is 2.22. The maximum absolute atomic E-state index is 5.75. The largest absolute Gasteiger partial charge is 0.377 e. The van der Waals surface area contributed by atoms with E-state index in [4.69, 9.17) is 4.74 Å². The van der Waals surface area contributed by atoms with Crippen LogP contribution in [0.5, 0.6) is 0 Å². The number of thioether (sulfide) groups is 1. The van der Waals surface area contributed by atoms with E-state index in [0.29, 0.717) is 12.1 Å². The van der Waals surface area contributed by atoms with Crippen LogP contribution < -0.4 is 5.32 Å². The second-order valence-corrected chi connectivity index (χ2v) is 5.44. The molecule has 2 heterocycles. The molecule has 0 amide bonds. The Kier molecular flexibility index (Phi) is 4.14. The van der Waals surface area contributed by atoms with Gasteiger partial charge in [-0.2, -0.15) is 11.8 Å². The van der Waals surface area contributed by atoms with Gasteiger partial charge in [0.05, 0.1) is 6.10 Å². The summed E-state index contributed by atoms with van der Waals surface area (Å²) in [5, 5.41) is 3.76. The molecular formula is C11H21NOS. The summed E-state index contributed by atoms with van der Waals surface area (Å²) in [5.74, 6) is 2.63. The second kappa shape index (κ2) is 5.38. The van der Waals surface area contributed by atoms with Gasteiger partial charge in [-0.1, -0.05) is 6.92 Å². The minimum absolute atomic E-state index is 0.491. The van der Waals surface area contributed by atoms with Crippen molar-refractivity contribution in [2.24, 2.45) is 0 Å². The van der Waals surface area contributed by atoms with Crippen LogP contribution in [-0.2, 0) is 4.74 Å². The molecule has 2 rings (SSSR count). The molecule has 3 heteroatoms. The van der Waals surface area contributed by atoms with Crippen LogP contribution in [0.1, 0.15) is 32.6 Å². The highest BCUT2D eigenvalue weighted by Gasteiger charge is 2.27. The lowest BCUT2D eigenvalue weighted by Crippen LogP contribution is -2.45. The van der Waals surface area contributed by atoms with Gasteiger partial charge in [0, 0.05) is 24.4 Å². The van der Waals surface area contributed by atoms with Gasteiger partial charge in [0.15, 0.2) is 0 Å². The molecular weight excluding hydrogens is 194 g/mol. The molecule has 0 aromatic carbocycles. The third-order valence-corrected chi connectivity index (χ3v) is 4.40. The Morgan fingerprint density at radius 2 is 2.43 bits per heavy atom. The number of hydrogen-bond donors (Lipinski definition) is 1. The highest BCUT2D eigenvalue weighted by molar-refractivity contribution is 7.99. The van der Waals surface area contributed by atoms with Gasteiger partial charge in [-0.05, 0) is 31.4 Å². The van der Waals surface area contributed by atoms with Crippen molar-refractivity contribution in [2.75, 3.05) is 18.1 Å². The van der Waals surface area contributed by atoms with Crippen LogP contribution in [0, 0.1) is 0 Å². The van der Waals surface area contributed by atoms with Gasteiger partial charge in [0.2, 0.25) is 0 Å². The highest BCUT2D eigenvalue weighted by atomic mass is 32.2. The van der Waals surface area contributed by atoms with Crippen LogP contribution in [0.25, 0.3) is 0 Å². The quantitative estimate of drug-likeness (QED) is 0.775. The van der Waals surface area contributed by atoms with E-state index in [1.165, 1.54) is 37.2 Å². The fourth-order valence-electron chi connectivity index (χ4n) is 2.38. The zero-order valence-corrected chi connectivity index (χ0v) is 9.81. The van der Waals surface area contributed by atoms with E-state index < -0.39 is 0 Å². The molecule has 14 heavy (non-hydrogen) atoms. The van der Waals surface area contributed by atoms with Crippen molar-refractivity contribution in [2.45, 2.75) is 50.8 Å². The summed E-state index contributed by atoms with van der Waals surface area (Å²) < 4.78 is 5.75. The first-order valence-electron chi connectivity index (χ1n) is 5.85. The molecule has 2 fully saturated rings. The first kappa shape index (κ1) is 10.8. The molecule has 0 saturated carbocycles. The molecule has 0 radical (unpaired) electrons. The van der Waals surface area contributed by atoms with Crippen LogP contribution in [0.15, 0.2) is 0 Å². The first-order chi connectivity index (χ1) is 6.90. The van der Waals surface area contributed by atoms with E-state index in [0.717, 1.165) is 12.6 Å². The van der Waals surface area contributed by atoms with Crippen molar-refractivity contribution >= 4 is 11.8 Å². The van der Waals surface area contributed by atoms with E-state index in [1.807, 2.05) is 0 Å². The lowest BCUT2D eigenvalue weighted by molar-refractivity contribution is 0.0738. The average molecular weight is 215 g/mol. The summed E-state index contributed by atoms with van der Waals surface area (Å²) in [6, 6.07) is 1.34. The molecule has 0 aliphatic carbocycles. The summed E-state index contributed by atoms with van der Waals surface area (Å²) in [6.45, 7) is 3.24. The monoisotopic (exact) mass is 215 g/mol. The molecule has 1 N–H and O–H groups in total. The minimum atomic E-state index is 0.491. The molecule has 2 saturated heterocycles. The summed E-state index contributed by atoms with van der Waals surface area (Å²) in [7, 11) is 0. The lowest BCUT2D eigenvalue weighted by atomic mass is 10.0. The van der Waals surface area contributed by atoms with Gasteiger partial charge < -0.3 is 10.1 Å². The maximum atomic E-state index is 5.75. The van der Waals surface area contributed by atoms with Crippen LogP contribution in [0.4, 0.5) is 0 Å². The van der Waals surface area contributed by atoms with Crippen molar-refractivity contribution in [3.05, 3.63) is 0 Å². The van der Waals surface area contributed by atoms with Gasteiger partial charge >= 0.3 is 0 Å². The zero-order chi connectivity index (χ0) is 9.80. The van der Waals surface area contributed by atoms with Gasteiger partial charge in [-0.3, -0.25) is 0 Å². The Bertz CT molecular complexity index is 165. The van der Waals surface area contributed by atoms with Crippen molar-refractivity contribution in [1.82, 2.24) is 5.32 Å². The SMILES string of the molecule is CCC(NC1CCSC1)C1CCCO1.